The highest BCUT2D eigenvalue weighted by Crippen LogP contribution is 2.39. The van der Waals surface area contributed by atoms with Crippen molar-refractivity contribution >= 4 is 37.7 Å². The second-order valence-corrected chi connectivity index (χ2v) is 6.17. The average Bonchev–Trinajstić information content (AvgIpc) is 2.80. The maximum Gasteiger partial charge on any atom is 0.230 e. The highest BCUT2D eigenvalue weighted by atomic mass is 79.9. The standard InChI is InChI=1S/C15H9Br2FN2O/c16-9-4-5-11(12(17)7-9)14-13(15(19)21-20-14)8-2-1-3-10(18)6-8/h1-7H,19H2. The summed E-state index contributed by atoms with van der Waals surface area (Å²) >= 11 is 6.89. The summed E-state index contributed by atoms with van der Waals surface area (Å²) in [6.45, 7) is 0. The molecule has 3 rings (SSSR count). The van der Waals surface area contributed by atoms with Gasteiger partial charge in [-0.25, -0.2) is 4.39 Å². The summed E-state index contributed by atoms with van der Waals surface area (Å²) in [5.41, 5.74) is 8.45. The van der Waals surface area contributed by atoms with E-state index in [4.69, 9.17) is 10.3 Å². The van der Waals surface area contributed by atoms with E-state index >= 15 is 0 Å². The molecule has 0 atom stereocenters. The van der Waals surface area contributed by atoms with Gasteiger partial charge in [0, 0.05) is 14.5 Å². The largest absolute Gasteiger partial charge is 0.367 e. The topological polar surface area (TPSA) is 52.0 Å². The number of nitrogens with two attached hydrogens (primary N) is 1. The maximum absolute atomic E-state index is 13.4. The number of halogens is 3. The molecular weight excluding hydrogens is 403 g/mol. The molecule has 0 saturated heterocycles. The van der Waals surface area contributed by atoms with Crippen molar-refractivity contribution in [3.8, 4) is 22.4 Å². The van der Waals surface area contributed by atoms with Crippen LogP contribution in [0.5, 0.6) is 0 Å². The van der Waals surface area contributed by atoms with Crippen LogP contribution in [0.3, 0.4) is 0 Å². The molecule has 0 spiro atoms. The molecule has 0 fully saturated rings. The molecule has 0 unspecified atom stereocenters. The van der Waals surface area contributed by atoms with Crippen molar-refractivity contribution in [2.45, 2.75) is 0 Å². The highest BCUT2D eigenvalue weighted by Gasteiger charge is 2.19. The number of rotatable bonds is 2. The number of nitrogen functional groups attached to an aromatic ring is 1. The molecule has 3 aromatic rings. The van der Waals surface area contributed by atoms with Crippen LogP contribution in [-0.2, 0) is 0 Å². The Hall–Kier alpha value is -1.66. The summed E-state index contributed by atoms with van der Waals surface area (Å²) in [5.74, 6) is -0.181. The molecule has 1 aromatic heterocycles. The summed E-state index contributed by atoms with van der Waals surface area (Å²) in [4.78, 5) is 0. The van der Waals surface area contributed by atoms with Gasteiger partial charge in [0.25, 0.3) is 0 Å². The fourth-order valence-electron chi connectivity index (χ4n) is 2.09. The second-order valence-electron chi connectivity index (χ2n) is 4.40. The van der Waals surface area contributed by atoms with Gasteiger partial charge < -0.3 is 10.3 Å². The van der Waals surface area contributed by atoms with Crippen LogP contribution in [0.4, 0.5) is 10.3 Å². The first-order valence-corrected chi connectivity index (χ1v) is 7.61. The molecule has 3 nitrogen and oxygen atoms in total. The van der Waals surface area contributed by atoms with E-state index in [9.17, 15) is 4.39 Å². The molecule has 0 bridgehead atoms. The molecule has 2 aromatic carbocycles. The van der Waals surface area contributed by atoms with Crippen LogP contribution in [0, 0.1) is 5.82 Å². The van der Waals surface area contributed by atoms with Gasteiger partial charge in [-0.3, -0.25) is 0 Å². The number of aromatic nitrogens is 1. The molecule has 21 heavy (non-hydrogen) atoms. The molecule has 0 aliphatic heterocycles. The van der Waals surface area contributed by atoms with Crippen molar-refractivity contribution in [3.63, 3.8) is 0 Å². The van der Waals surface area contributed by atoms with Crippen molar-refractivity contribution in [1.29, 1.82) is 0 Å². The number of anilines is 1. The number of hydrogen-bond donors (Lipinski definition) is 1. The molecule has 2 N–H and O–H groups in total. The quantitative estimate of drug-likeness (QED) is 0.626. The molecule has 0 saturated carbocycles. The van der Waals surface area contributed by atoms with E-state index in [-0.39, 0.29) is 11.7 Å². The van der Waals surface area contributed by atoms with Crippen molar-refractivity contribution in [2.75, 3.05) is 5.73 Å². The molecule has 0 radical (unpaired) electrons. The van der Waals surface area contributed by atoms with Crippen molar-refractivity contribution in [1.82, 2.24) is 5.16 Å². The molecular formula is C15H9Br2FN2O. The predicted molar refractivity (Wildman–Crippen MR) is 87.1 cm³/mol. The van der Waals surface area contributed by atoms with Crippen molar-refractivity contribution in [2.24, 2.45) is 0 Å². The number of hydrogen-bond acceptors (Lipinski definition) is 3. The Bertz CT molecular complexity index is 817. The molecule has 6 heteroatoms. The lowest BCUT2D eigenvalue weighted by Gasteiger charge is -2.05. The Morgan fingerprint density at radius 1 is 1.10 bits per heavy atom. The minimum atomic E-state index is -0.339. The van der Waals surface area contributed by atoms with Gasteiger partial charge in [-0.15, -0.1) is 0 Å². The highest BCUT2D eigenvalue weighted by molar-refractivity contribution is 9.11. The van der Waals surface area contributed by atoms with E-state index in [1.165, 1.54) is 12.1 Å². The van der Waals surface area contributed by atoms with Gasteiger partial charge >= 0.3 is 0 Å². The van der Waals surface area contributed by atoms with Gasteiger partial charge in [0.1, 0.15) is 11.5 Å². The maximum atomic E-state index is 13.4. The van der Waals surface area contributed by atoms with E-state index in [0.29, 0.717) is 16.8 Å². The first kappa shape index (κ1) is 14.3. The Morgan fingerprint density at radius 3 is 2.62 bits per heavy atom. The van der Waals surface area contributed by atoms with Gasteiger partial charge in [-0.2, -0.15) is 0 Å². The zero-order valence-electron chi connectivity index (χ0n) is 10.6. The minimum Gasteiger partial charge on any atom is -0.367 e. The molecule has 0 aliphatic carbocycles. The normalized spacial score (nSPS) is 10.8. The monoisotopic (exact) mass is 410 g/mol. The summed E-state index contributed by atoms with van der Waals surface area (Å²) < 4.78 is 20.3. The van der Waals surface area contributed by atoms with Crippen molar-refractivity contribution in [3.05, 3.63) is 57.2 Å². The summed E-state index contributed by atoms with van der Waals surface area (Å²) in [5, 5.41) is 4.01. The van der Waals surface area contributed by atoms with Crippen LogP contribution in [0.25, 0.3) is 22.4 Å². The average molecular weight is 412 g/mol. The van der Waals surface area contributed by atoms with Crippen LogP contribution in [0.15, 0.2) is 55.9 Å². The smallest absolute Gasteiger partial charge is 0.230 e. The van der Waals surface area contributed by atoms with Crippen LogP contribution < -0.4 is 5.73 Å². The van der Waals surface area contributed by atoms with Gasteiger partial charge in [-0.1, -0.05) is 55.2 Å². The van der Waals surface area contributed by atoms with E-state index in [0.717, 1.165) is 14.5 Å². The SMILES string of the molecule is Nc1onc(-c2ccc(Br)cc2Br)c1-c1cccc(F)c1. The van der Waals surface area contributed by atoms with Crippen LogP contribution >= 0.6 is 31.9 Å². The Labute approximate surface area is 137 Å². The lowest BCUT2D eigenvalue weighted by atomic mass is 10.0. The zero-order valence-corrected chi connectivity index (χ0v) is 13.8. The van der Waals surface area contributed by atoms with E-state index < -0.39 is 0 Å². The predicted octanol–water partition coefficient (Wildman–Crippen LogP) is 5.25. The fraction of sp³-hybridized carbons (Fsp3) is 0. The van der Waals surface area contributed by atoms with Crippen LogP contribution in [-0.4, -0.2) is 5.16 Å². The summed E-state index contributed by atoms with van der Waals surface area (Å²) in [6.07, 6.45) is 0. The third kappa shape index (κ3) is 2.73. The van der Waals surface area contributed by atoms with E-state index in [1.807, 2.05) is 18.2 Å². The minimum absolute atomic E-state index is 0.158. The molecule has 0 amide bonds. The first-order valence-electron chi connectivity index (χ1n) is 6.03. The van der Waals surface area contributed by atoms with Gasteiger partial charge in [0.15, 0.2) is 0 Å². The third-order valence-electron chi connectivity index (χ3n) is 3.02. The number of nitrogens with zero attached hydrogens (tertiary/aromatic N) is 1. The first-order chi connectivity index (χ1) is 10.1. The lowest BCUT2D eigenvalue weighted by Crippen LogP contribution is -1.89. The molecule has 1 heterocycles. The lowest BCUT2D eigenvalue weighted by molar-refractivity contribution is 0.439. The van der Waals surface area contributed by atoms with Gasteiger partial charge in [0.2, 0.25) is 5.88 Å². The molecule has 106 valence electrons. The second kappa shape index (κ2) is 5.61. The zero-order chi connectivity index (χ0) is 15.0. The third-order valence-corrected chi connectivity index (χ3v) is 4.17. The fourth-order valence-corrected chi connectivity index (χ4v) is 3.33. The van der Waals surface area contributed by atoms with E-state index in [2.05, 4.69) is 37.0 Å². The summed E-state index contributed by atoms with van der Waals surface area (Å²) in [7, 11) is 0. The van der Waals surface area contributed by atoms with Crippen LogP contribution in [0.2, 0.25) is 0 Å². The Balaban J connectivity index is 2.22. The van der Waals surface area contributed by atoms with Crippen LogP contribution in [0.1, 0.15) is 0 Å². The molecule has 0 aliphatic rings. The Morgan fingerprint density at radius 2 is 1.90 bits per heavy atom. The van der Waals surface area contributed by atoms with E-state index in [1.54, 1.807) is 12.1 Å². The number of benzene rings is 2. The van der Waals surface area contributed by atoms with Crippen molar-refractivity contribution < 1.29 is 8.91 Å². The summed E-state index contributed by atoms with van der Waals surface area (Å²) in [6, 6.07) is 11.8. The Kier molecular flexibility index (Phi) is 3.82. The van der Waals surface area contributed by atoms with Gasteiger partial charge in [-0.05, 0) is 29.8 Å². The van der Waals surface area contributed by atoms with Gasteiger partial charge in [0.05, 0.1) is 5.56 Å².